The molecule has 25 heavy (non-hydrogen) atoms. The van der Waals surface area contributed by atoms with Crippen molar-refractivity contribution in [3.05, 3.63) is 41.8 Å². The molecule has 0 unspecified atom stereocenters. The Kier molecular flexibility index (Phi) is 4.78. The minimum atomic E-state index is -0.751. The average molecular weight is 343 g/mol. The van der Waals surface area contributed by atoms with Crippen molar-refractivity contribution >= 4 is 29.2 Å². The first kappa shape index (κ1) is 16.7. The topological polar surface area (TPSA) is 102 Å². The Balaban J connectivity index is 1.51. The Morgan fingerprint density at radius 2 is 2.08 bits per heavy atom. The molecule has 0 bridgehead atoms. The van der Waals surface area contributed by atoms with Crippen LogP contribution in [0.2, 0.25) is 0 Å². The number of anilines is 2. The monoisotopic (exact) mass is 343 g/mol. The molecule has 3 rings (SSSR count). The van der Waals surface area contributed by atoms with Crippen LogP contribution in [0.3, 0.4) is 0 Å². The lowest BCUT2D eigenvalue weighted by atomic mass is 10.2. The predicted molar refractivity (Wildman–Crippen MR) is 88.2 cm³/mol. The van der Waals surface area contributed by atoms with Gasteiger partial charge in [0.2, 0.25) is 11.7 Å². The number of nitrogens with zero attached hydrogens (tertiary/aromatic N) is 2. The average Bonchev–Trinajstić information content (AvgIpc) is 3.22. The minimum Gasteiger partial charge on any atom is -0.450 e. The summed E-state index contributed by atoms with van der Waals surface area (Å²) in [6.07, 6.45) is 1.42. The highest BCUT2D eigenvalue weighted by molar-refractivity contribution is 5.97. The van der Waals surface area contributed by atoms with Gasteiger partial charge in [0.1, 0.15) is 0 Å². The van der Waals surface area contributed by atoms with E-state index < -0.39 is 18.5 Å². The molecule has 1 aliphatic rings. The fourth-order valence-electron chi connectivity index (χ4n) is 2.50. The van der Waals surface area contributed by atoms with Crippen molar-refractivity contribution in [1.82, 2.24) is 5.16 Å². The second-order valence-electron chi connectivity index (χ2n) is 5.65. The standard InChI is InChI=1S/C17H17N3O5/c1-11-9-14(25-19-11)17(23)24-10-15(21)18-12-4-6-13(7-5-12)20-8-2-3-16(20)22/h4-7,9H,2-3,8,10H2,1H3,(H,18,21). The van der Waals surface area contributed by atoms with E-state index in [0.29, 0.717) is 24.3 Å². The van der Waals surface area contributed by atoms with Gasteiger partial charge in [-0.2, -0.15) is 0 Å². The molecule has 130 valence electrons. The smallest absolute Gasteiger partial charge is 0.377 e. The molecule has 8 nitrogen and oxygen atoms in total. The van der Waals surface area contributed by atoms with Gasteiger partial charge in [-0.15, -0.1) is 0 Å². The first-order valence-electron chi connectivity index (χ1n) is 7.83. The van der Waals surface area contributed by atoms with Crippen LogP contribution in [-0.4, -0.2) is 36.1 Å². The van der Waals surface area contributed by atoms with Gasteiger partial charge in [-0.05, 0) is 37.6 Å². The van der Waals surface area contributed by atoms with E-state index in [-0.39, 0.29) is 11.7 Å². The number of carbonyl (C=O) groups excluding carboxylic acids is 3. The van der Waals surface area contributed by atoms with Gasteiger partial charge in [0, 0.05) is 30.4 Å². The summed E-state index contributed by atoms with van der Waals surface area (Å²) in [5.41, 5.74) is 1.90. The molecule has 0 saturated carbocycles. The maximum atomic E-state index is 11.8. The van der Waals surface area contributed by atoms with E-state index in [1.54, 1.807) is 36.1 Å². The highest BCUT2D eigenvalue weighted by atomic mass is 16.6. The third-order valence-corrected chi connectivity index (χ3v) is 3.70. The molecule has 0 spiro atoms. The second kappa shape index (κ2) is 7.16. The van der Waals surface area contributed by atoms with Crippen LogP contribution in [0, 0.1) is 6.92 Å². The fourth-order valence-corrected chi connectivity index (χ4v) is 2.50. The number of rotatable bonds is 5. The van der Waals surface area contributed by atoms with Gasteiger partial charge in [-0.25, -0.2) is 4.79 Å². The summed E-state index contributed by atoms with van der Waals surface area (Å²) in [7, 11) is 0. The van der Waals surface area contributed by atoms with Crippen molar-refractivity contribution < 1.29 is 23.6 Å². The number of hydrogen-bond donors (Lipinski definition) is 1. The molecule has 1 aromatic heterocycles. The number of ether oxygens (including phenoxy) is 1. The first-order valence-corrected chi connectivity index (χ1v) is 7.83. The summed E-state index contributed by atoms with van der Waals surface area (Å²) in [6.45, 7) is 1.94. The molecule has 2 heterocycles. The molecular formula is C17H17N3O5. The second-order valence-corrected chi connectivity index (χ2v) is 5.65. The Bertz CT molecular complexity index is 797. The largest absolute Gasteiger partial charge is 0.450 e. The van der Waals surface area contributed by atoms with E-state index in [9.17, 15) is 14.4 Å². The molecule has 1 N–H and O–H groups in total. The van der Waals surface area contributed by atoms with Gasteiger partial charge in [0.15, 0.2) is 6.61 Å². The molecule has 1 aliphatic heterocycles. The molecule has 0 radical (unpaired) electrons. The van der Waals surface area contributed by atoms with Crippen molar-refractivity contribution in [2.45, 2.75) is 19.8 Å². The zero-order chi connectivity index (χ0) is 17.8. The van der Waals surface area contributed by atoms with Crippen LogP contribution in [0.4, 0.5) is 11.4 Å². The first-order chi connectivity index (χ1) is 12.0. The lowest BCUT2D eigenvalue weighted by Gasteiger charge is -2.16. The molecule has 1 fully saturated rings. The molecule has 1 saturated heterocycles. The fraction of sp³-hybridized carbons (Fsp3) is 0.294. The zero-order valence-electron chi connectivity index (χ0n) is 13.7. The number of nitrogens with one attached hydrogen (secondary N) is 1. The number of aryl methyl sites for hydroxylation is 1. The summed E-state index contributed by atoms with van der Waals surface area (Å²) < 4.78 is 9.62. The van der Waals surface area contributed by atoms with Crippen LogP contribution >= 0.6 is 0 Å². The third kappa shape index (κ3) is 4.03. The molecule has 8 heteroatoms. The number of aromatic nitrogens is 1. The highest BCUT2D eigenvalue weighted by Gasteiger charge is 2.21. The molecule has 0 aliphatic carbocycles. The van der Waals surface area contributed by atoms with E-state index in [1.165, 1.54) is 6.07 Å². The SMILES string of the molecule is Cc1cc(C(=O)OCC(=O)Nc2ccc(N3CCCC3=O)cc2)on1. The summed E-state index contributed by atoms with van der Waals surface area (Å²) in [5.74, 6) is -1.18. The van der Waals surface area contributed by atoms with Gasteiger partial charge in [0.25, 0.3) is 5.91 Å². The Morgan fingerprint density at radius 1 is 1.32 bits per heavy atom. The van der Waals surface area contributed by atoms with E-state index in [2.05, 4.69) is 10.5 Å². The van der Waals surface area contributed by atoms with E-state index in [4.69, 9.17) is 9.26 Å². The number of hydrogen-bond acceptors (Lipinski definition) is 6. The predicted octanol–water partition coefficient (Wildman–Crippen LogP) is 1.91. The van der Waals surface area contributed by atoms with Crippen molar-refractivity contribution in [2.24, 2.45) is 0 Å². The third-order valence-electron chi connectivity index (χ3n) is 3.70. The molecule has 2 aromatic rings. The van der Waals surface area contributed by atoms with Crippen LogP contribution in [0.5, 0.6) is 0 Å². The van der Waals surface area contributed by atoms with Crippen molar-refractivity contribution in [2.75, 3.05) is 23.4 Å². The zero-order valence-corrected chi connectivity index (χ0v) is 13.7. The van der Waals surface area contributed by atoms with Crippen LogP contribution < -0.4 is 10.2 Å². The van der Waals surface area contributed by atoms with Gasteiger partial charge in [-0.1, -0.05) is 5.16 Å². The Morgan fingerprint density at radius 3 is 2.68 bits per heavy atom. The van der Waals surface area contributed by atoms with Crippen LogP contribution in [-0.2, 0) is 14.3 Å². The van der Waals surface area contributed by atoms with Crippen LogP contribution in [0.1, 0.15) is 29.1 Å². The van der Waals surface area contributed by atoms with Gasteiger partial charge < -0.3 is 19.5 Å². The van der Waals surface area contributed by atoms with Crippen LogP contribution in [0.25, 0.3) is 0 Å². The van der Waals surface area contributed by atoms with Crippen molar-refractivity contribution in [1.29, 1.82) is 0 Å². The van der Waals surface area contributed by atoms with Gasteiger partial charge in [-0.3, -0.25) is 9.59 Å². The summed E-state index contributed by atoms with van der Waals surface area (Å²) >= 11 is 0. The molecule has 2 amide bonds. The van der Waals surface area contributed by atoms with Crippen molar-refractivity contribution in [3.8, 4) is 0 Å². The lowest BCUT2D eigenvalue weighted by Crippen LogP contribution is -2.23. The molecule has 0 atom stereocenters. The lowest BCUT2D eigenvalue weighted by molar-refractivity contribution is -0.119. The quantitative estimate of drug-likeness (QED) is 0.832. The van der Waals surface area contributed by atoms with Crippen LogP contribution in [0.15, 0.2) is 34.9 Å². The number of amides is 2. The maximum Gasteiger partial charge on any atom is 0.377 e. The van der Waals surface area contributed by atoms with Gasteiger partial charge in [0.05, 0.1) is 5.69 Å². The van der Waals surface area contributed by atoms with E-state index >= 15 is 0 Å². The normalized spacial score (nSPS) is 13.8. The number of benzene rings is 1. The summed E-state index contributed by atoms with van der Waals surface area (Å²) in [4.78, 5) is 36.9. The molecule has 1 aromatic carbocycles. The van der Waals surface area contributed by atoms with Gasteiger partial charge >= 0.3 is 5.97 Å². The van der Waals surface area contributed by atoms with E-state index in [1.807, 2.05) is 0 Å². The number of esters is 1. The Hall–Kier alpha value is -3.16. The summed E-state index contributed by atoms with van der Waals surface area (Å²) in [6, 6.07) is 8.35. The van der Waals surface area contributed by atoms with Crippen molar-refractivity contribution in [3.63, 3.8) is 0 Å². The highest BCUT2D eigenvalue weighted by Crippen LogP contribution is 2.23. The summed E-state index contributed by atoms with van der Waals surface area (Å²) in [5, 5.41) is 6.19. The molecular weight excluding hydrogens is 326 g/mol. The Labute approximate surface area is 143 Å². The minimum absolute atomic E-state index is 0.0510. The van der Waals surface area contributed by atoms with E-state index in [0.717, 1.165) is 12.1 Å². The number of carbonyl (C=O) groups is 3. The maximum absolute atomic E-state index is 11.8.